The summed E-state index contributed by atoms with van der Waals surface area (Å²) in [6.45, 7) is 4.32. The highest BCUT2D eigenvalue weighted by atomic mass is 32.2. The molecule has 2 N–H and O–H groups in total. The number of aryl methyl sites for hydroxylation is 2. The Labute approximate surface area is 174 Å². The molecule has 0 amide bonds. The highest BCUT2D eigenvalue weighted by Crippen LogP contribution is 2.35. The van der Waals surface area contributed by atoms with Gasteiger partial charge in [-0.05, 0) is 54.7 Å². The average molecular weight is 410 g/mol. The van der Waals surface area contributed by atoms with Crippen LogP contribution in [0.1, 0.15) is 34.7 Å². The van der Waals surface area contributed by atoms with Gasteiger partial charge in [0.15, 0.2) is 5.17 Å². The van der Waals surface area contributed by atoms with Gasteiger partial charge in [-0.1, -0.05) is 42.1 Å². The summed E-state index contributed by atoms with van der Waals surface area (Å²) in [7, 11) is 0. The molecule has 3 aliphatic heterocycles. The highest BCUT2D eigenvalue weighted by Gasteiger charge is 2.44. The minimum absolute atomic E-state index is 0.111. The van der Waals surface area contributed by atoms with Crippen molar-refractivity contribution in [1.29, 1.82) is 0 Å². The van der Waals surface area contributed by atoms with E-state index in [2.05, 4.69) is 70.3 Å². The maximum absolute atomic E-state index is 13.1. The molecule has 150 valence electrons. The fourth-order valence-electron chi connectivity index (χ4n) is 4.08. The van der Waals surface area contributed by atoms with Gasteiger partial charge >= 0.3 is 0 Å². The lowest BCUT2D eigenvalue weighted by Crippen LogP contribution is -2.54. The van der Waals surface area contributed by atoms with Crippen LogP contribution in [0, 0.1) is 19.7 Å². The van der Waals surface area contributed by atoms with Crippen LogP contribution in [0.25, 0.3) is 0 Å². The summed E-state index contributed by atoms with van der Waals surface area (Å²) in [4.78, 5) is 2.21. The molecule has 3 atom stereocenters. The molecule has 3 aliphatic rings. The maximum atomic E-state index is 13.1. The second-order valence-electron chi connectivity index (χ2n) is 7.82. The number of hydrazone groups is 1. The molecule has 1 fully saturated rings. The fourth-order valence-corrected chi connectivity index (χ4v) is 5.01. The summed E-state index contributed by atoms with van der Waals surface area (Å²) >= 11 is 1.66. The second-order valence-corrected chi connectivity index (χ2v) is 8.77. The molecule has 7 heteroatoms. The molecule has 0 aromatic heterocycles. The molecule has 0 spiro atoms. The van der Waals surface area contributed by atoms with Gasteiger partial charge in [0, 0.05) is 18.2 Å². The predicted octanol–water partition coefficient (Wildman–Crippen LogP) is 3.98. The summed E-state index contributed by atoms with van der Waals surface area (Å²) in [6.07, 6.45) is 5.29. The maximum Gasteiger partial charge on any atom is 0.189 e. The molecule has 0 bridgehead atoms. The first-order valence-electron chi connectivity index (χ1n) is 9.87. The Morgan fingerprint density at radius 2 is 1.93 bits per heavy atom. The van der Waals surface area contributed by atoms with Crippen LogP contribution in [-0.4, -0.2) is 27.3 Å². The minimum Gasteiger partial charge on any atom is -0.306 e. The lowest BCUT2D eigenvalue weighted by Gasteiger charge is -2.36. The van der Waals surface area contributed by atoms with Crippen molar-refractivity contribution in [1.82, 2.24) is 20.8 Å². The van der Waals surface area contributed by atoms with Crippen LogP contribution in [0.2, 0.25) is 0 Å². The molecule has 1 saturated heterocycles. The molecule has 3 unspecified atom stereocenters. The predicted molar refractivity (Wildman–Crippen MR) is 115 cm³/mol. The molecule has 29 heavy (non-hydrogen) atoms. The molecule has 0 saturated carbocycles. The van der Waals surface area contributed by atoms with Crippen LogP contribution in [0.5, 0.6) is 0 Å². The number of hydrogen-bond donors (Lipinski definition) is 2. The van der Waals surface area contributed by atoms with E-state index >= 15 is 0 Å². The molecule has 3 heterocycles. The first kappa shape index (κ1) is 18.5. The summed E-state index contributed by atoms with van der Waals surface area (Å²) < 4.78 is 13.1. The third kappa shape index (κ3) is 3.49. The molecule has 0 aliphatic carbocycles. The van der Waals surface area contributed by atoms with Crippen molar-refractivity contribution in [2.24, 2.45) is 5.10 Å². The Hall–Kier alpha value is -2.51. The van der Waals surface area contributed by atoms with Gasteiger partial charge in [-0.3, -0.25) is 5.43 Å². The summed E-state index contributed by atoms with van der Waals surface area (Å²) in [5.74, 6) is 0.556. The number of hydrogen-bond acceptors (Lipinski definition) is 6. The quantitative estimate of drug-likeness (QED) is 0.803. The topological polar surface area (TPSA) is 42.9 Å². The summed E-state index contributed by atoms with van der Waals surface area (Å²) in [6, 6.07) is 14.0. The smallest absolute Gasteiger partial charge is 0.189 e. The lowest BCUT2D eigenvalue weighted by molar-refractivity contribution is 0.152. The monoisotopic (exact) mass is 409 g/mol. The Morgan fingerprint density at radius 1 is 1.10 bits per heavy atom. The van der Waals surface area contributed by atoms with Crippen molar-refractivity contribution in [2.75, 3.05) is 0 Å². The largest absolute Gasteiger partial charge is 0.306 e. The van der Waals surface area contributed by atoms with Gasteiger partial charge in [0.2, 0.25) is 0 Å². The van der Waals surface area contributed by atoms with E-state index in [1.54, 1.807) is 11.8 Å². The van der Waals surface area contributed by atoms with Crippen LogP contribution in [0.3, 0.4) is 0 Å². The van der Waals surface area contributed by atoms with Gasteiger partial charge in [-0.25, -0.2) is 9.82 Å². The van der Waals surface area contributed by atoms with Gasteiger partial charge in [0.05, 0.1) is 12.1 Å². The van der Waals surface area contributed by atoms with E-state index in [4.69, 9.17) is 0 Å². The van der Waals surface area contributed by atoms with Gasteiger partial charge in [0.25, 0.3) is 0 Å². The van der Waals surface area contributed by atoms with E-state index < -0.39 is 0 Å². The molecule has 2 aromatic rings. The molecule has 2 aromatic carbocycles. The molecule has 0 radical (unpaired) electrons. The number of nitrogens with one attached hydrogen (secondary N) is 2. The van der Waals surface area contributed by atoms with Crippen LogP contribution in [-0.2, 0) is 5.75 Å². The van der Waals surface area contributed by atoms with E-state index in [1.165, 1.54) is 28.8 Å². The Morgan fingerprint density at radius 3 is 2.72 bits per heavy atom. The zero-order valence-electron chi connectivity index (χ0n) is 16.5. The zero-order valence-corrected chi connectivity index (χ0v) is 17.3. The van der Waals surface area contributed by atoms with E-state index in [0.29, 0.717) is 12.1 Å². The van der Waals surface area contributed by atoms with Crippen molar-refractivity contribution in [3.8, 4) is 0 Å². The first-order valence-corrected chi connectivity index (χ1v) is 10.9. The zero-order chi connectivity index (χ0) is 20.0. The van der Waals surface area contributed by atoms with E-state index in [0.717, 1.165) is 22.9 Å². The third-order valence-electron chi connectivity index (χ3n) is 5.92. The number of rotatable bonds is 3. The summed E-state index contributed by atoms with van der Waals surface area (Å²) in [5.41, 5.74) is 12.0. The number of thioether (sulfide) groups is 1. The number of nitrogens with zero attached hydrogens (tertiary/aromatic N) is 3. The number of amidine groups is 1. The van der Waals surface area contributed by atoms with Crippen molar-refractivity contribution >= 4 is 16.9 Å². The van der Waals surface area contributed by atoms with Crippen LogP contribution >= 0.6 is 11.8 Å². The van der Waals surface area contributed by atoms with Gasteiger partial charge in [-0.2, -0.15) is 5.10 Å². The second kappa shape index (κ2) is 7.39. The van der Waals surface area contributed by atoms with Gasteiger partial charge in [-0.15, -0.1) is 0 Å². The number of halogens is 1. The minimum atomic E-state index is -0.204. The van der Waals surface area contributed by atoms with Crippen molar-refractivity contribution in [3.05, 3.63) is 82.9 Å². The molecular formula is C22H24FN5S. The van der Waals surface area contributed by atoms with Crippen LogP contribution < -0.4 is 10.9 Å². The number of hydrazine groups is 1. The standard InChI is InChI=1S/C22H24FN5S/c1-14-3-6-17(11-15(14)2)19-12-20-21-24-25-22(27(21)9-10-28(20)26-19)29-13-16-4-7-18(23)8-5-16/h3-11,19-21,24,26H,12-13H2,1-2H3. The van der Waals surface area contributed by atoms with Crippen molar-refractivity contribution < 1.29 is 4.39 Å². The van der Waals surface area contributed by atoms with E-state index in [-0.39, 0.29) is 12.0 Å². The fraction of sp³-hybridized carbons (Fsp3) is 0.318. The van der Waals surface area contributed by atoms with Crippen molar-refractivity contribution in [2.45, 2.75) is 44.3 Å². The number of benzene rings is 2. The number of fused-ring (bicyclic) bond motifs is 3. The molecular weight excluding hydrogens is 385 g/mol. The lowest BCUT2D eigenvalue weighted by atomic mass is 9.97. The Balaban J connectivity index is 1.26. The Bertz CT molecular complexity index is 974. The van der Waals surface area contributed by atoms with Gasteiger partial charge in [0.1, 0.15) is 12.0 Å². The van der Waals surface area contributed by atoms with Crippen LogP contribution in [0.4, 0.5) is 4.39 Å². The third-order valence-corrected chi connectivity index (χ3v) is 6.96. The summed E-state index contributed by atoms with van der Waals surface area (Å²) in [5, 5.41) is 7.73. The SMILES string of the molecule is Cc1ccc(C2CC3C4NN=C(SCc5ccc(F)cc5)N4C=CN3N2)cc1C. The first-order chi connectivity index (χ1) is 14.1. The molecule has 5 nitrogen and oxygen atoms in total. The molecule has 5 rings (SSSR count). The normalized spacial score (nSPS) is 24.9. The van der Waals surface area contributed by atoms with Crippen molar-refractivity contribution in [3.63, 3.8) is 0 Å². The van der Waals surface area contributed by atoms with E-state index in [9.17, 15) is 4.39 Å². The highest BCUT2D eigenvalue weighted by molar-refractivity contribution is 8.13. The Kier molecular flexibility index (Phi) is 4.72. The average Bonchev–Trinajstić information content (AvgIpc) is 3.33. The van der Waals surface area contributed by atoms with E-state index in [1.807, 2.05) is 12.1 Å². The van der Waals surface area contributed by atoms with Crippen LogP contribution in [0.15, 0.2) is 60.0 Å². The van der Waals surface area contributed by atoms with Gasteiger partial charge < -0.3 is 9.91 Å².